The molecule has 1 N–H and O–H groups in total. The number of nitrogens with zero attached hydrogens (tertiary/aromatic N) is 1. The zero-order valence-corrected chi connectivity index (χ0v) is 13.6. The number of halogens is 2. The van der Waals surface area contributed by atoms with Gasteiger partial charge in [0.25, 0.3) is 5.91 Å². The lowest BCUT2D eigenvalue weighted by atomic mass is 10.1. The Bertz CT molecular complexity index is 454. The third kappa shape index (κ3) is 3.13. The van der Waals surface area contributed by atoms with Gasteiger partial charge < -0.3 is 10.2 Å². The normalized spacial score (nSPS) is 24.1. The van der Waals surface area contributed by atoms with Gasteiger partial charge in [-0.05, 0) is 48.0 Å². The van der Waals surface area contributed by atoms with E-state index in [1.54, 1.807) is 0 Å². The first kappa shape index (κ1) is 14.0. The Kier molecular flexibility index (Phi) is 4.45. The van der Waals surface area contributed by atoms with Crippen molar-refractivity contribution in [2.75, 3.05) is 13.1 Å². The van der Waals surface area contributed by atoms with E-state index in [1.807, 2.05) is 23.1 Å². The van der Waals surface area contributed by atoms with E-state index < -0.39 is 0 Å². The highest BCUT2D eigenvalue weighted by Gasteiger charge is 2.26. The lowest BCUT2D eigenvalue weighted by Crippen LogP contribution is -2.55. The maximum Gasteiger partial charge on any atom is 0.255 e. The molecule has 1 aliphatic rings. The van der Waals surface area contributed by atoms with Crippen LogP contribution in [0.4, 0.5) is 0 Å². The first-order chi connectivity index (χ1) is 8.47. The lowest BCUT2D eigenvalue weighted by molar-refractivity contribution is 0.0673. The first-order valence-electron chi connectivity index (χ1n) is 5.97. The van der Waals surface area contributed by atoms with Gasteiger partial charge in [0.1, 0.15) is 0 Å². The van der Waals surface area contributed by atoms with Crippen molar-refractivity contribution in [3.63, 3.8) is 0 Å². The van der Waals surface area contributed by atoms with E-state index >= 15 is 0 Å². The van der Waals surface area contributed by atoms with Crippen molar-refractivity contribution in [2.45, 2.75) is 25.9 Å². The van der Waals surface area contributed by atoms with E-state index in [-0.39, 0.29) is 5.91 Å². The second kappa shape index (κ2) is 5.72. The fraction of sp³-hybridized carbons (Fsp3) is 0.462. The fourth-order valence-corrected chi connectivity index (χ4v) is 3.54. The van der Waals surface area contributed by atoms with Crippen LogP contribution in [0.25, 0.3) is 0 Å². The Morgan fingerprint density at radius 3 is 2.44 bits per heavy atom. The van der Waals surface area contributed by atoms with Crippen LogP contribution >= 0.6 is 31.9 Å². The molecule has 1 amide bonds. The largest absolute Gasteiger partial charge is 0.336 e. The van der Waals surface area contributed by atoms with E-state index in [0.717, 1.165) is 27.6 Å². The summed E-state index contributed by atoms with van der Waals surface area (Å²) in [6.45, 7) is 5.72. The maximum absolute atomic E-state index is 12.5. The van der Waals surface area contributed by atoms with Crippen LogP contribution < -0.4 is 5.32 Å². The highest BCUT2D eigenvalue weighted by Crippen LogP contribution is 2.23. The molecule has 1 aromatic rings. The average Bonchev–Trinajstić information content (AvgIpc) is 2.26. The van der Waals surface area contributed by atoms with E-state index in [0.29, 0.717) is 12.1 Å². The number of nitrogens with one attached hydrogen (secondary N) is 1. The predicted molar refractivity (Wildman–Crippen MR) is 79.8 cm³/mol. The SMILES string of the molecule is CC1CN(C(=O)c2ccc(Br)cc2Br)CC(C)N1. The van der Waals surface area contributed by atoms with Crippen molar-refractivity contribution in [1.29, 1.82) is 0 Å². The van der Waals surface area contributed by atoms with Gasteiger partial charge in [0.15, 0.2) is 0 Å². The first-order valence-corrected chi connectivity index (χ1v) is 7.56. The van der Waals surface area contributed by atoms with Crippen LogP contribution in [-0.2, 0) is 0 Å². The van der Waals surface area contributed by atoms with Crippen LogP contribution in [0.2, 0.25) is 0 Å². The van der Waals surface area contributed by atoms with Gasteiger partial charge in [0.2, 0.25) is 0 Å². The molecule has 18 heavy (non-hydrogen) atoms. The van der Waals surface area contributed by atoms with Gasteiger partial charge in [-0.3, -0.25) is 4.79 Å². The molecule has 2 rings (SSSR count). The number of hydrogen-bond acceptors (Lipinski definition) is 2. The van der Waals surface area contributed by atoms with Gasteiger partial charge in [-0.25, -0.2) is 0 Å². The number of amides is 1. The number of hydrogen-bond donors (Lipinski definition) is 1. The van der Waals surface area contributed by atoms with Gasteiger partial charge in [0, 0.05) is 34.1 Å². The second-order valence-corrected chi connectivity index (χ2v) is 6.57. The maximum atomic E-state index is 12.5. The summed E-state index contributed by atoms with van der Waals surface area (Å²) >= 11 is 6.85. The summed E-state index contributed by atoms with van der Waals surface area (Å²) in [4.78, 5) is 14.4. The van der Waals surface area contributed by atoms with E-state index in [2.05, 4.69) is 51.0 Å². The molecule has 1 fully saturated rings. The van der Waals surface area contributed by atoms with E-state index in [1.165, 1.54) is 0 Å². The van der Waals surface area contributed by atoms with Crippen molar-refractivity contribution < 1.29 is 4.79 Å². The molecule has 2 atom stereocenters. The van der Waals surface area contributed by atoms with Crippen LogP contribution in [0, 0.1) is 0 Å². The lowest BCUT2D eigenvalue weighted by Gasteiger charge is -2.36. The molecule has 0 saturated carbocycles. The monoisotopic (exact) mass is 374 g/mol. The zero-order valence-electron chi connectivity index (χ0n) is 10.4. The molecule has 3 nitrogen and oxygen atoms in total. The minimum Gasteiger partial charge on any atom is -0.336 e. The van der Waals surface area contributed by atoms with Crippen LogP contribution in [0.5, 0.6) is 0 Å². The van der Waals surface area contributed by atoms with E-state index in [9.17, 15) is 4.79 Å². The molecule has 1 aromatic carbocycles. The molecule has 0 radical (unpaired) electrons. The molecule has 1 heterocycles. The highest BCUT2D eigenvalue weighted by atomic mass is 79.9. The van der Waals surface area contributed by atoms with Gasteiger partial charge >= 0.3 is 0 Å². The van der Waals surface area contributed by atoms with Crippen LogP contribution in [-0.4, -0.2) is 36.0 Å². The van der Waals surface area contributed by atoms with Crippen LogP contribution in [0.3, 0.4) is 0 Å². The minimum atomic E-state index is 0.0922. The molecule has 2 unspecified atom stereocenters. The Hall–Kier alpha value is -0.390. The second-order valence-electron chi connectivity index (χ2n) is 4.80. The van der Waals surface area contributed by atoms with Gasteiger partial charge in [-0.2, -0.15) is 0 Å². The molecule has 0 aromatic heterocycles. The molecule has 1 aliphatic heterocycles. The summed E-state index contributed by atoms with van der Waals surface area (Å²) in [5.74, 6) is 0.0922. The predicted octanol–water partition coefficient (Wildman–Crippen LogP) is 3.03. The van der Waals surface area contributed by atoms with Gasteiger partial charge in [-0.15, -0.1) is 0 Å². The Morgan fingerprint density at radius 1 is 1.28 bits per heavy atom. The summed E-state index contributed by atoms with van der Waals surface area (Å²) in [6.07, 6.45) is 0. The third-order valence-corrected chi connectivity index (χ3v) is 4.16. The minimum absolute atomic E-state index is 0.0922. The van der Waals surface area contributed by atoms with Crippen molar-refractivity contribution in [3.8, 4) is 0 Å². The summed E-state index contributed by atoms with van der Waals surface area (Å²) in [5.41, 5.74) is 0.722. The smallest absolute Gasteiger partial charge is 0.255 e. The van der Waals surface area contributed by atoms with Crippen molar-refractivity contribution in [3.05, 3.63) is 32.7 Å². The summed E-state index contributed by atoms with van der Waals surface area (Å²) in [7, 11) is 0. The van der Waals surface area contributed by atoms with Crippen molar-refractivity contribution in [2.24, 2.45) is 0 Å². The number of carbonyl (C=O) groups is 1. The van der Waals surface area contributed by atoms with E-state index in [4.69, 9.17) is 0 Å². The molecule has 5 heteroatoms. The molecule has 0 aliphatic carbocycles. The van der Waals surface area contributed by atoms with Gasteiger partial charge in [0.05, 0.1) is 5.56 Å². The Balaban J connectivity index is 2.20. The molecule has 0 bridgehead atoms. The summed E-state index contributed by atoms with van der Waals surface area (Å²) in [6, 6.07) is 6.34. The van der Waals surface area contributed by atoms with Crippen LogP contribution in [0.1, 0.15) is 24.2 Å². The van der Waals surface area contributed by atoms with Crippen molar-refractivity contribution >= 4 is 37.8 Å². The summed E-state index contributed by atoms with van der Waals surface area (Å²) < 4.78 is 1.80. The Morgan fingerprint density at radius 2 is 1.89 bits per heavy atom. The highest BCUT2D eigenvalue weighted by molar-refractivity contribution is 9.11. The number of carbonyl (C=O) groups excluding carboxylic acids is 1. The summed E-state index contributed by atoms with van der Waals surface area (Å²) in [5, 5.41) is 3.43. The topological polar surface area (TPSA) is 32.3 Å². The number of piperazine rings is 1. The molecule has 98 valence electrons. The molecule has 0 spiro atoms. The molecule has 1 saturated heterocycles. The average molecular weight is 376 g/mol. The number of benzene rings is 1. The quantitative estimate of drug-likeness (QED) is 0.818. The molecular weight excluding hydrogens is 360 g/mol. The zero-order chi connectivity index (χ0) is 13.3. The number of rotatable bonds is 1. The Labute approximate surface area is 124 Å². The fourth-order valence-electron chi connectivity index (χ4n) is 2.33. The van der Waals surface area contributed by atoms with Crippen molar-refractivity contribution in [1.82, 2.24) is 10.2 Å². The van der Waals surface area contributed by atoms with Crippen LogP contribution in [0.15, 0.2) is 27.1 Å². The van der Waals surface area contributed by atoms with Gasteiger partial charge in [-0.1, -0.05) is 15.9 Å². The standard InChI is InChI=1S/C13H16Br2N2O/c1-8-6-17(7-9(2)16-8)13(18)11-4-3-10(14)5-12(11)15/h3-5,8-9,16H,6-7H2,1-2H3. The third-order valence-electron chi connectivity index (χ3n) is 3.01. The molecular formula is C13H16Br2N2O.